The van der Waals surface area contributed by atoms with Crippen LogP contribution in [0.1, 0.15) is 111 Å². The molecule has 0 radical (unpaired) electrons. The maximum absolute atomic E-state index is 11.9. The van der Waals surface area contributed by atoms with Gasteiger partial charge in [0.2, 0.25) is 0 Å². The smallest absolute Gasteiger partial charge is 0.318 e. The molecule has 0 bridgehead atoms. The Kier molecular flexibility index (Phi) is 19.3. The third-order valence-corrected chi connectivity index (χ3v) is 6.90. The summed E-state index contributed by atoms with van der Waals surface area (Å²) in [6.45, 7) is 20.8. The van der Waals surface area contributed by atoms with Gasteiger partial charge in [-0.3, -0.25) is 14.5 Å². The highest BCUT2D eigenvalue weighted by Crippen LogP contribution is 2.28. The van der Waals surface area contributed by atoms with Gasteiger partial charge in [-0.2, -0.15) is 0 Å². The molecule has 1 aromatic heterocycles. The van der Waals surface area contributed by atoms with Gasteiger partial charge >= 0.3 is 6.36 Å². The summed E-state index contributed by atoms with van der Waals surface area (Å²) in [5.74, 6) is 1.72. The van der Waals surface area contributed by atoms with Crippen molar-refractivity contribution in [1.82, 2.24) is 4.57 Å². The fourth-order valence-corrected chi connectivity index (χ4v) is 4.22. The van der Waals surface area contributed by atoms with Gasteiger partial charge in [0.15, 0.2) is 0 Å². The van der Waals surface area contributed by atoms with Gasteiger partial charge in [0.25, 0.3) is 5.56 Å². The monoisotopic (exact) mass is 594 g/mol. The molecule has 0 saturated carbocycles. The van der Waals surface area contributed by atoms with Crippen LogP contribution in [0, 0.1) is 31.6 Å². The average Bonchev–Trinajstić information content (AvgIpc) is 2.89. The molecule has 1 heterocycles. The molecule has 4 nitrogen and oxygen atoms in total. The Hall–Kier alpha value is -2.41. The van der Waals surface area contributed by atoms with Gasteiger partial charge in [-0.1, -0.05) is 80.2 Å². The number of halogens is 3. The lowest BCUT2D eigenvalue weighted by atomic mass is 9.93. The van der Waals surface area contributed by atoms with Crippen molar-refractivity contribution >= 4 is 11.4 Å². The minimum absolute atomic E-state index is 0.0568. The zero-order valence-corrected chi connectivity index (χ0v) is 28.1. The van der Waals surface area contributed by atoms with Crippen LogP contribution in [-0.2, 0) is 11.8 Å². The summed E-state index contributed by atoms with van der Waals surface area (Å²) in [5, 5.41) is 0. The quantitative estimate of drug-likeness (QED) is 0.229. The van der Waals surface area contributed by atoms with Gasteiger partial charge in [0, 0.05) is 24.5 Å². The number of alkyl halides is 3. The lowest BCUT2D eigenvalue weighted by Crippen LogP contribution is -2.18. The van der Waals surface area contributed by atoms with Gasteiger partial charge in [-0.25, -0.2) is 0 Å². The number of unbranched alkanes of at least 4 members (excludes halogenated alkanes) is 1. The lowest BCUT2D eigenvalue weighted by Gasteiger charge is -2.16. The predicted octanol–water partition coefficient (Wildman–Crippen LogP) is 11.0. The van der Waals surface area contributed by atoms with E-state index in [1.54, 1.807) is 11.6 Å². The van der Waals surface area contributed by atoms with E-state index in [0.29, 0.717) is 18.3 Å². The summed E-state index contributed by atoms with van der Waals surface area (Å²) in [6.07, 6.45) is 4.94. The van der Waals surface area contributed by atoms with Crippen LogP contribution in [-0.4, -0.2) is 23.2 Å². The molecule has 0 aliphatic rings. The summed E-state index contributed by atoms with van der Waals surface area (Å²) < 4.78 is 39.4. The van der Waals surface area contributed by atoms with E-state index >= 15 is 0 Å². The molecule has 0 saturated heterocycles. The normalized spacial score (nSPS) is 13.2. The molecule has 0 fully saturated rings. The van der Waals surface area contributed by atoms with Crippen molar-refractivity contribution in [2.75, 3.05) is 6.61 Å². The molecule has 42 heavy (non-hydrogen) atoms. The number of pyridine rings is 1. The van der Waals surface area contributed by atoms with E-state index < -0.39 is 6.36 Å². The van der Waals surface area contributed by atoms with E-state index in [2.05, 4.69) is 71.4 Å². The highest BCUT2D eigenvalue weighted by atomic mass is 19.4. The number of ether oxygens (including phenoxy) is 1. The summed E-state index contributed by atoms with van der Waals surface area (Å²) in [5.41, 5.74) is 6.49. The van der Waals surface area contributed by atoms with Crippen LogP contribution in [0.25, 0.3) is 11.1 Å². The average molecular weight is 595 g/mol. The molecule has 0 spiro atoms. The number of hydrogen-bond donors (Lipinski definition) is 0. The van der Waals surface area contributed by atoms with Crippen LogP contribution in [0.4, 0.5) is 18.9 Å². The van der Waals surface area contributed by atoms with E-state index in [-0.39, 0.29) is 12.2 Å². The number of hydrogen-bond acceptors (Lipinski definition) is 3. The molecule has 1 aromatic carbocycles. The Balaban J connectivity index is 0.000000930. The van der Waals surface area contributed by atoms with E-state index in [4.69, 9.17) is 4.99 Å². The highest BCUT2D eigenvalue weighted by Gasteiger charge is 2.28. The fourth-order valence-electron chi connectivity index (χ4n) is 4.22. The summed E-state index contributed by atoms with van der Waals surface area (Å²) in [6, 6.07) is 8.36. The summed E-state index contributed by atoms with van der Waals surface area (Å²) >= 11 is 0. The van der Waals surface area contributed by atoms with E-state index in [1.807, 2.05) is 33.0 Å². The molecule has 0 amide bonds. The van der Waals surface area contributed by atoms with Crippen molar-refractivity contribution in [2.24, 2.45) is 29.8 Å². The molecule has 0 aliphatic heterocycles. The van der Waals surface area contributed by atoms with Gasteiger partial charge < -0.3 is 4.57 Å². The number of benzene rings is 1. The zero-order chi connectivity index (χ0) is 32.5. The third-order valence-electron chi connectivity index (χ3n) is 6.90. The molecular weight excluding hydrogens is 537 g/mol. The Morgan fingerprint density at radius 1 is 0.929 bits per heavy atom. The largest absolute Gasteiger partial charge is 0.522 e. The second-order valence-corrected chi connectivity index (χ2v) is 12.0. The molecule has 2 atom stereocenters. The van der Waals surface area contributed by atoms with E-state index in [1.165, 1.54) is 43.4 Å². The van der Waals surface area contributed by atoms with E-state index in [9.17, 15) is 18.0 Å². The number of nitrogens with zero attached hydrogens (tertiary/aromatic N) is 2. The standard InChI is InChI=1S/C24H34N2O.C7H13F3O.C4H10/c1-7-9-11-20(10-8-2)19(5)25-23-13-12-21(14-17(23)3)22-15-18(4)24(27)26(6)16-22;1-3-6(2)4-5-11-7(8,9)10;1-4(2)3/h12-16,20H,7-11H2,1-6H3;6H,3-5H2,1-2H3;4H,1-3H3. The fraction of sp³-hybridized carbons (Fsp3) is 0.657. The van der Waals surface area contributed by atoms with Gasteiger partial charge in [-0.05, 0) is 92.7 Å². The van der Waals surface area contributed by atoms with Crippen LogP contribution >= 0.6 is 0 Å². The molecule has 2 aromatic rings. The maximum Gasteiger partial charge on any atom is 0.522 e. The molecule has 2 rings (SSSR count). The summed E-state index contributed by atoms with van der Waals surface area (Å²) in [7, 11) is 1.80. The van der Waals surface area contributed by atoms with Crippen LogP contribution in [0.5, 0.6) is 0 Å². The molecular formula is C35H57F3N2O2. The first-order chi connectivity index (χ1) is 19.6. The second-order valence-electron chi connectivity index (χ2n) is 12.0. The van der Waals surface area contributed by atoms with Gasteiger partial charge in [0.1, 0.15) is 0 Å². The van der Waals surface area contributed by atoms with Gasteiger partial charge in [-0.15, -0.1) is 13.2 Å². The minimum Gasteiger partial charge on any atom is -0.318 e. The van der Waals surface area contributed by atoms with E-state index in [0.717, 1.165) is 34.7 Å². The van der Waals surface area contributed by atoms with Crippen LogP contribution < -0.4 is 5.56 Å². The van der Waals surface area contributed by atoms with Crippen molar-refractivity contribution in [3.63, 3.8) is 0 Å². The van der Waals surface area contributed by atoms with Crippen molar-refractivity contribution in [1.29, 1.82) is 0 Å². The topological polar surface area (TPSA) is 43.6 Å². The van der Waals surface area contributed by atoms with Gasteiger partial charge in [0.05, 0.1) is 12.3 Å². The van der Waals surface area contributed by atoms with Crippen LogP contribution in [0.15, 0.2) is 40.2 Å². The maximum atomic E-state index is 11.9. The first-order valence-corrected chi connectivity index (χ1v) is 15.6. The van der Waals surface area contributed by atoms with Crippen LogP contribution in [0.2, 0.25) is 0 Å². The summed E-state index contributed by atoms with van der Waals surface area (Å²) in [4.78, 5) is 16.9. The second kappa shape index (κ2) is 20.5. The molecule has 0 N–H and O–H groups in total. The zero-order valence-electron chi connectivity index (χ0n) is 28.1. The first kappa shape index (κ1) is 39.6. The molecule has 2 unspecified atom stereocenters. The van der Waals surface area contributed by atoms with Crippen molar-refractivity contribution < 1.29 is 17.9 Å². The van der Waals surface area contributed by atoms with Crippen LogP contribution in [0.3, 0.4) is 0 Å². The predicted molar refractivity (Wildman–Crippen MR) is 174 cm³/mol. The molecule has 7 heteroatoms. The van der Waals surface area contributed by atoms with Crippen molar-refractivity contribution in [3.8, 4) is 11.1 Å². The Bertz CT molecular complexity index is 1090. The SMILES string of the molecule is CC(C)C.CCC(C)CCOC(F)(F)F.CCCCC(CCC)C(C)=Nc1ccc(-c2cc(C)c(=O)n(C)c2)cc1C. The molecule has 0 aliphatic carbocycles. The van der Waals surface area contributed by atoms with Crippen molar-refractivity contribution in [3.05, 3.63) is 51.9 Å². The number of rotatable bonds is 12. The Morgan fingerprint density at radius 3 is 2.00 bits per heavy atom. The number of aryl methyl sites for hydroxylation is 3. The Labute approximate surface area is 253 Å². The van der Waals surface area contributed by atoms with Crippen molar-refractivity contribution in [2.45, 2.75) is 121 Å². The first-order valence-electron chi connectivity index (χ1n) is 15.6. The minimum atomic E-state index is -4.46. The number of aromatic nitrogens is 1. The number of aliphatic imine (C=N–C) groups is 1. The highest BCUT2D eigenvalue weighted by molar-refractivity contribution is 5.87. The third kappa shape index (κ3) is 16.9. The lowest BCUT2D eigenvalue weighted by molar-refractivity contribution is -0.325. The Morgan fingerprint density at radius 2 is 1.52 bits per heavy atom. The molecule has 240 valence electrons.